The Morgan fingerprint density at radius 2 is 1.90 bits per heavy atom. The number of rotatable bonds is 6. The Balaban J connectivity index is 0.00000240. The highest BCUT2D eigenvalue weighted by Crippen LogP contribution is 2.30. The van der Waals surface area contributed by atoms with Crippen LogP contribution < -0.4 is 0 Å². The molecular weight excluding hydrogens is 406 g/mol. The standard InChI is InChI=1S/C21H25N5OS.ClH/c1-16-5-3-7-19(17(16)2)26-20(18-6-4-8-22-15-18)23-24-21(26)28-14-11-25-9-12-27-13-10-25;/h3-8,15H,9-14H2,1-2H3;1H. The van der Waals surface area contributed by atoms with Crippen molar-refractivity contribution in [2.24, 2.45) is 0 Å². The summed E-state index contributed by atoms with van der Waals surface area (Å²) in [4.78, 5) is 6.70. The van der Waals surface area contributed by atoms with Gasteiger partial charge in [0.15, 0.2) is 11.0 Å². The third-order valence-corrected chi connectivity index (χ3v) is 6.02. The van der Waals surface area contributed by atoms with E-state index in [-0.39, 0.29) is 12.4 Å². The smallest absolute Gasteiger partial charge is 0.196 e. The van der Waals surface area contributed by atoms with Crippen LogP contribution in [0.25, 0.3) is 17.1 Å². The van der Waals surface area contributed by atoms with Crippen molar-refractivity contribution in [2.45, 2.75) is 19.0 Å². The molecule has 29 heavy (non-hydrogen) atoms. The number of benzene rings is 1. The molecule has 8 heteroatoms. The SMILES string of the molecule is Cc1cccc(-n2c(SCCN3CCOCC3)nnc2-c2cccnc2)c1C.Cl. The van der Waals surface area contributed by atoms with Crippen molar-refractivity contribution in [3.8, 4) is 17.1 Å². The van der Waals surface area contributed by atoms with Crippen LogP contribution in [0.4, 0.5) is 0 Å². The van der Waals surface area contributed by atoms with Gasteiger partial charge in [-0.2, -0.15) is 0 Å². The molecule has 1 saturated heterocycles. The fourth-order valence-corrected chi connectivity index (χ4v) is 4.28. The Labute approximate surface area is 182 Å². The van der Waals surface area contributed by atoms with Crippen LogP contribution >= 0.6 is 24.2 Å². The topological polar surface area (TPSA) is 56.1 Å². The molecule has 1 aromatic carbocycles. The summed E-state index contributed by atoms with van der Waals surface area (Å²) in [6.45, 7) is 8.98. The highest BCUT2D eigenvalue weighted by Gasteiger charge is 2.19. The summed E-state index contributed by atoms with van der Waals surface area (Å²) in [5.74, 6) is 1.80. The minimum absolute atomic E-state index is 0. The number of hydrogen-bond donors (Lipinski definition) is 0. The third kappa shape index (κ3) is 4.98. The van der Waals surface area contributed by atoms with Crippen LogP contribution in [-0.2, 0) is 4.74 Å². The van der Waals surface area contributed by atoms with Gasteiger partial charge in [0.1, 0.15) is 0 Å². The molecule has 1 aliphatic heterocycles. The van der Waals surface area contributed by atoms with Gasteiger partial charge in [-0.15, -0.1) is 22.6 Å². The quantitative estimate of drug-likeness (QED) is 0.553. The zero-order valence-corrected chi connectivity index (χ0v) is 18.4. The second-order valence-electron chi connectivity index (χ2n) is 6.90. The lowest BCUT2D eigenvalue weighted by atomic mass is 10.1. The Morgan fingerprint density at radius 1 is 1.07 bits per heavy atom. The van der Waals surface area contributed by atoms with Crippen LogP contribution in [0, 0.1) is 13.8 Å². The largest absolute Gasteiger partial charge is 0.379 e. The van der Waals surface area contributed by atoms with Crippen molar-refractivity contribution in [3.63, 3.8) is 0 Å². The van der Waals surface area contributed by atoms with E-state index >= 15 is 0 Å². The van der Waals surface area contributed by atoms with Crippen LogP contribution in [0.3, 0.4) is 0 Å². The average Bonchev–Trinajstić information content (AvgIpc) is 3.15. The number of ether oxygens (including phenoxy) is 1. The van der Waals surface area contributed by atoms with Crippen molar-refractivity contribution in [1.29, 1.82) is 0 Å². The second-order valence-corrected chi connectivity index (χ2v) is 7.97. The molecule has 0 N–H and O–H groups in total. The van der Waals surface area contributed by atoms with Crippen LogP contribution in [-0.4, -0.2) is 63.2 Å². The Kier molecular flexibility index (Phi) is 7.66. The van der Waals surface area contributed by atoms with Crippen LogP contribution in [0.2, 0.25) is 0 Å². The van der Waals surface area contributed by atoms with Gasteiger partial charge in [0.2, 0.25) is 0 Å². The van der Waals surface area contributed by atoms with E-state index in [2.05, 4.69) is 56.7 Å². The fraction of sp³-hybridized carbons (Fsp3) is 0.381. The van der Waals surface area contributed by atoms with Crippen molar-refractivity contribution in [3.05, 3.63) is 53.9 Å². The van der Waals surface area contributed by atoms with Gasteiger partial charge >= 0.3 is 0 Å². The van der Waals surface area contributed by atoms with E-state index in [1.807, 2.05) is 18.3 Å². The number of pyridine rings is 1. The van der Waals surface area contributed by atoms with E-state index in [1.54, 1.807) is 18.0 Å². The number of thioether (sulfide) groups is 1. The van der Waals surface area contributed by atoms with E-state index < -0.39 is 0 Å². The minimum Gasteiger partial charge on any atom is -0.379 e. The molecule has 0 saturated carbocycles. The van der Waals surface area contributed by atoms with E-state index in [0.717, 1.165) is 60.8 Å². The summed E-state index contributed by atoms with van der Waals surface area (Å²) in [5, 5.41) is 9.96. The summed E-state index contributed by atoms with van der Waals surface area (Å²) in [6, 6.07) is 10.3. The molecule has 3 aromatic rings. The van der Waals surface area contributed by atoms with Gasteiger partial charge in [-0.3, -0.25) is 14.5 Å². The number of aryl methyl sites for hydroxylation is 1. The highest BCUT2D eigenvalue weighted by atomic mass is 35.5. The van der Waals surface area contributed by atoms with Crippen molar-refractivity contribution in [2.75, 3.05) is 38.6 Å². The summed E-state index contributed by atoms with van der Waals surface area (Å²) in [7, 11) is 0. The number of morpholine rings is 1. The van der Waals surface area contributed by atoms with Gasteiger partial charge in [0.25, 0.3) is 0 Å². The summed E-state index contributed by atoms with van der Waals surface area (Å²) >= 11 is 1.75. The fourth-order valence-electron chi connectivity index (χ4n) is 3.33. The summed E-state index contributed by atoms with van der Waals surface area (Å²) < 4.78 is 7.61. The highest BCUT2D eigenvalue weighted by molar-refractivity contribution is 7.99. The van der Waals surface area contributed by atoms with Crippen LogP contribution in [0.5, 0.6) is 0 Å². The van der Waals surface area contributed by atoms with Crippen LogP contribution in [0.15, 0.2) is 47.9 Å². The lowest BCUT2D eigenvalue weighted by Gasteiger charge is -2.26. The first-order chi connectivity index (χ1) is 13.7. The van der Waals surface area contributed by atoms with Crippen molar-refractivity contribution < 1.29 is 4.74 Å². The molecule has 0 radical (unpaired) electrons. The monoisotopic (exact) mass is 431 g/mol. The molecular formula is C21H26ClN5OS. The molecule has 3 heterocycles. The average molecular weight is 432 g/mol. The minimum atomic E-state index is 0. The second kappa shape index (κ2) is 10.2. The summed E-state index contributed by atoms with van der Waals surface area (Å²) in [5.41, 5.74) is 4.59. The Morgan fingerprint density at radius 3 is 2.66 bits per heavy atom. The maximum Gasteiger partial charge on any atom is 0.196 e. The van der Waals surface area contributed by atoms with Crippen molar-refractivity contribution in [1.82, 2.24) is 24.6 Å². The lowest BCUT2D eigenvalue weighted by molar-refractivity contribution is 0.0410. The van der Waals surface area contributed by atoms with Gasteiger partial charge in [-0.25, -0.2) is 0 Å². The van der Waals surface area contributed by atoms with E-state index in [4.69, 9.17) is 4.74 Å². The van der Waals surface area contributed by atoms with Gasteiger partial charge in [0.05, 0.1) is 18.9 Å². The Bertz CT molecular complexity index is 928. The van der Waals surface area contributed by atoms with Gasteiger partial charge in [0, 0.05) is 43.3 Å². The number of hydrogen-bond acceptors (Lipinski definition) is 6. The van der Waals surface area contributed by atoms with Gasteiger partial charge in [-0.05, 0) is 43.2 Å². The number of halogens is 1. The first-order valence-electron chi connectivity index (χ1n) is 9.59. The third-order valence-electron chi connectivity index (χ3n) is 5.11. The van der Waals surface area contributed by atoms with E-state index in [0.29, 0.717) is 0 Å². The molecule has 1 aliphatic rings. The normalized spacial score (nSPS) is 14.6. The predicted molar refractivity (Wildman–Crippen MR) is 119 cm³/mol. The van der Waals surface area contributed by atoms with E-state index in [1.165, 1.54) is 11.1 Å². The zero-order valence-electron chi connectivity index (χ0n) is 16.7. The number of aromatic nitrogens is 4. The first kappa shape index (κ1) is 21.8. The first-order valence-corrected chi connectivity index (χ1v) is 10.6. The summed E-state index contributed by atoms with van der Waals surface area (Å²) in [6.07, 6.45) is 3.62. The molecule has 2 aromatic heterocycles. The zero-order chi connectivity index (χ0) is 19.3. The molecule has 6 nitrogen and oxygen atoms in total. The molecule has 1 fully saturated rings. The molecule has 154 valence electrons. The lowest BCUT2D eigenvalue weighted by Crippen LogP contribution is -2.37. The maximum atomic E-state index is 5.44. The maximum absolute atomic E-state index is 5.44. The molecule has 4 rings (SSSR count). The molecule has 0 amide bonds. The van der Waals surface area contributed by atoms with Crippen LogP contribution in [0.1, 0.15) is 11.1 Å². The Hall–Kier alpha value is -1.93. The van der Waals surface area contributed by atoms with Gasteiger partial charge < -0.3 is 4.74 Å². The predicted octanol–water partition coefficient (Wildman–Crippen LogP) is 3.79. The molecule has 0 bridgehead atoms. The van der Waals surface area contributed by atoms with E-state index in [9.17, 15) is 0 Å². The van der Waals surface area contributed by atoms with Gasteiger partial charge in [-0.1, -0.05) is 23.9 Å². The van der Waals surface area contributed by atoms with Crippen molar-refractivity contribution >= 4 is 24.2 Å². The number of nitrogens with zero attached hydrogens (tertiary/aromatic N) is 5. The molecule has 0 aliphatic carbocycles. The molecule has 0 atom stereocenters. The molecule has 0 spiro atoms. The molecule has 0 unspecified atom stereocenters.